The van der Waals surface area contributed by atoms with Crippen LogP contribution in [0.4, 0.5) is 11.4 Å². The van der Waals surface area contributed by atoms with Crippen molar-refractivity contribution in [3.8, 4) is 12.1 Å². The van der Waals surface area contributed by atoms with Crippen LogP contribution >= 0.6 is 13.5 Å². The Morgan fingerprint density at radius 2 is 1.23 bits per heavy atom. The van der Waals surface area contributed by atoms with Crippen molar-refractivity contribution in [2.45, 2.75) is 25.3 Å². The second-order valence-corrected chi connectivity index (χ2v) is 11.7. The van der Waals surface area contributed by atoms with Crippen LogP contribution in [0.25, 0.3) is 0 Å². The molecule has 0 N–H and O–H groups in total. The fourth-order valence-corrected chi connectivity index (χ4v) is 6.89. The molecule has 0 aliphatic carbocycles. The maximum atomic E-state index is 13.7. The van der Waals surface area contributed by atoms with E-state index in [9.17, 15) is 14.7 Å². The molecule has 2 fully saturated rings. The number of para-hydroxylation sites is 2. The Morgan fingerprint density at radius 3 is 1.75 bits per heavy atom. The average Bonchev–Trinajstić information content (AvgIpc) is 2.98. The maximum Gasteiger partial charge on any atom is 0.128 e. The number of hydrogen-bond acceptors (Lipinski definition) is 6. The summed E-state index contributed by atoms with van der Waals surface area (Å²) in [6, 6.07) is 24.4. The summed E-state index contributed by atoms with van der Waals surface area (Å²) >= 11 is 0. The van der Waals surface area contributed by atoms with Crippen molar-refractivity contribution >= 4 is 35.9 Å². The Hall–Kier alpha value is -3.34. The number of piperazine rings is 2. The molecule has 1 unspecified atom stereocenters. The van der Waals surface area contributed by atoms with Gasteiger partial charge in [0.1, 0.15) is 23.1 Å². The molecule has 208 valence electrons. The van der Waals surface area contributed by atoms with E-state index in [2.05, 4.69) is 57.1 Å². The topological polar surface area (TPSA) is 77.6 Å². The van der Waals surface area contributed by atoms with Gasteiger partial charge in [-0.3, -0.25) is 4.90 Å². The molecule has 2 saturated heterocycles. The molecule has 0 radical (unpaired) electrons. The van der Waals surface area contributed by atoms with E-state index in [1.807, 2.05) is 48.5 Å². The molecule has 0 aromatic heterocycles. The first-order valence-electron chi connectivity index (χ1n) is 13.5. The monoisotopic (exact) mass is 572 g/mol. The zero-order valence-corrected chi connectivity index (χ0v) is 25.0. The van der Waals surface area contributed by atoms with Gasteiger partial charge in [-0.05, 0) is 60.9 Å². The summed E-state index contributed by atoms with van der Waals surface area (Å²) in [6.07, 6.45) is 0. The van der Waals surface area contributed by atoms with E-state index in [0.29, 0.717) is 18.7 Å². The van der Waals surface area contributed by atoms with Gasteiger partial charge in [-0.25, -0.2) is 8.51 Å². The van der Waals surface area contributed by atoms with Crippen LogP contribution in [0.15, 0.2) is 65.6 Å². The van der Waals surface area contributed by atoms with Crippen molar-refractivity contribution < 1.29 is 4.21 Å². The number of hydrogen-bond donors (Lipinski definition) is 0. The van der Waals surface area contributed by atoms with E-state index in [-0.39, 0.29) is 13.5 Å². The Morgan fingerprint density at radius 1 is 0.725 bits per heavy atom. The largest absolute Gasteiger partial charge is 0.368 e. The van der Waals surface area contributed by atoms with Gasteiger partial charge in [0.05, 0.1) is 27.4 Å². The van der Waals surface area contributed by atoms with Crippen LogP contribution in [-0.4, -0.2) is 65.8 Å². The summed E-state index contributed by atoms with van der Waals surface area (Å²) in [5, 5.41) is 18.9. The maximum absolute atomic E-state index is 13.7. The van der Waals surface area contributed by atoms with Gasteiger partial charge in [0, 0.05) is 58.9 Å². The van der Waals surface area contributed by atoms with E-state index < -0.39 is 11.0 Å². The number of anilines is 2. The van der Waals surface area contributed by atoms with Crippen molar-refractivity contribution in [2.75, 3.05) is 62.2 Å². The Balaban J connectivity index is 0.00000370. The summed E-state index contributed by atoms with van der Waals surface area (Å²) in [7, 11) is -1.24. The van der Waals surface area contributed by atoms with Crippen molar-refractivity contribution in [1.82, 2.24) is 9.21 Å². The smallest absolute Gasteiger partial charge is 0.128 e. The number of nitriles is 2. The molecule has 0 spiro atoms. The lowest BCUT2D eigenvalue weighted by atomic mass is 10.0. The van der Waals surface area contributed by atoms with Crippen molar-refractivity contribution in [3.63, 3.8) is 0 Å². The zero-order chi connectivity index (χ0) is 27.4. The average molecular weight is 573 g/mol. The van der Waals surface area contributed by atoms with E-state index in [1.165, 1.54) is 11.1 Å². The van der Waals surface area contributed by atoms with Crippen LogP contribution in [0.3, 0.4) is 0 Å². The van der Waals surface area contributed by atoms with E-state index >= 15 is 0 Å². The van der Waals surface area contributed by atoms with Crippen molar-refractivity contribution in [3.05, 3.63) is 88.5 Å². The Kier molecular flexibility index (Phi) is 9.89. The Labute approximate surface area is 247 Å². The molecule has 1 atom stereocenters. The van der Waals surface area contributed by atoms with Gasteiger partial charge in [-0.2, -0.15) is 24.0 Å². The molecule has 3 aromatic rings. The summed E-state index contributed by atoms with van der Waals surface area (Å²) in [6.45, 7) is 11.4. The standard InChI is InChI=1S/C31H34N6OS.H2S/c1-24-19-25(2)31(39(38)37-17-15-36(16-18-37)30-10-6-4-8-27(30)22-33)20-28(24)23-34-11-13-35(14-12-34)29-9-5-3-7-26(29)21-32;/h3-10,19-20H,11-18,23H2,1-2H3;1H2. The molecule has 2 aliphatic heterocycles. The Bertz CT molecular complexity index is 1450. The van der Waals surface area contributed by atoms with Crippen LogP contribution in [0, 0.1) is 36.5 Å². The highest BCUT2D eigenvalue weighted by Gasteiger charge is 2.26. The summed E-state index contributed by atoms with van der Waals surface area (Å²) in [5.41, 5.74) is 6.88. The first-order chi connectivity index (χ1) is 19.0. The molecular weight excluding hydrogens is 537 g/mol. The fraction of sp³-hybridized carbons (Fsp3) is 0.355. The first kappa shape index (κ1) is 29.6. The summed E-state index contributed by atoms with van der Waals surface area (Å²) < 4.78 is 15.8. The highest BCUT2D eigenvalue weighted by molar-refractivity contribution is 7.82. The van der Waals surface area contributed by atoms with Gasteiger partial charge < -0.3 is 9.80 Å². The SMILES string of the molecule is Cc1cc(C)c(S(=O)N2CCN(c3ccccc3C#N)CC2)cc1CN1CCN(c2ccccc2C#N)CC1.S. The molecule has 2 heterocycles. The van der Waals surface area contributed by atoms with Gasteiger partial charge in [-0.15, -0.1) is 0 Å². The first-order valence-corrected chi connectivity index (χ1v) is 14.6. The normalized spacial score (nSPS) is 17.0. The van der Waals surface area contributed by atoms with Crippen molar-refractivity contribution in [1.29, 1.82) is 10.5 Å². The van der Waals surface area contributed by atoms with Crippen LogP contribution < -0.4 is 9.80 Å². The molecular formula is C31H36N6OS2. The number of rotatable bonds is 6. The summed E-state index contributed by atoms with van der Waals surface area (Å²) in [5.74, 6) is 0. The molecule has 0 saturated carbocycles. The van der Waals surface area contributed by atoms with Crippen molar-refractivity contribution in [2.24, 2.45) is 0 Å². The molecule has 9 heteroatoms. The lowest BCUT2D eigenvalue weighted by Crippen LogP contribution is -2.47. The molecule has 3 aromatic carbocycles. The molecule has 5 rings (SSSR count). The third-order valence-corrected chi connectivity index (χ3v) is 9.44. The van der Waals surface area contributed by atoms with Gasteiger partial charge >= 0.3 is 0 Å². The predicted molar refractivity (Wildman–Crippen MR) is 166 cm³/mol. The third-order valence-electron chi connectivity index (χ3n) is 7.79. The minimum absolute atomic E-state index is 0. The van der Waals surface area contributed by atoms with Crippen LogP contribution in [0.1, 0.15) is 27.8 Å². The van der Waals surface area contributed by atoms with E-state index in [4.69, 9.17) is 0 Å². The highest BCUT2D eigenvalue weighted by Crippen LogP contribution is 2.27. The lowest BCUT2D eigenvalue weighted by molar-refractivity contribution is 0.249. The summed E-state index contributed by atoms with van der Waals surface area (Å²) in [4.78, 5) is 7.85. The van der Waals surface area contributed by atoms with Crippen LogP contribution in [-0.2, 0) is 17.5 Å². The fourth-order valence-electron chi connectivity index (χ4n) is 5.54. The number of benzene rings is 3. The molecule has 0 bridgehead atoms. The second-order valence-electron chi connectivity index (χ2n) is 10.2. The molecule has 0 amide bonds. The molecule has 7 nitrogen and oxygen atoms in total. The van der Waals surface area contributed by atoms with Gasteiger partial charge in [0.15, 0.2) is 0 Å². The quantitative estimate of drug-likeness (QED) is 0.438. The molecule has 40 heavy (non-hydrogen) atoms. The minimum atomic E-state index is -1.24. The highest BCUT2D eigenvalue weighted by atomic mass is 32.2. The number of aryl methyl sites for hydroxylation is 2. The minimum Gasteiger partial charge on any atom is -0.368 e. The molecule has 2 aliphatic rings. The van der Waals surface area contributed by atoms with Gasteiger partial charge in [0.25, 0.3) is 0 Å². The third kappa shape index (κ3) is 6.35. The van der Waals surface area contributed by atoms with Crippen LogP contribution in [0.2, 0.25) is 0 Å². The van der Waals surface area contributed by atoms with Gasteiger partial charge in [-0.1, -0.05) is 30.3 Å². The predicted octanol–water partition coefficient (Wildman–Crippen LogP) is 4.33. The van der Waals surface area contributed by atoms with Gasteiger partial charge in [0.2, 0.25) is 0 Å². The number of nitrogens with zero attached hydrogens (tertiary/aromatic N) is 6. The lowest BCUT2D eigenvalue weighted by Gasteiger charge is -2.37. The van der Waals surface area contributed by atoms with E-state index in [0.717, 1.165) is 73.2 Å². The second kappa shape index (κ2) is 13.3. The van der Waals surface area contributed by atoms with Crippen LogP contribution in [0.5, 0.6) is 0 Å². The zero-order valence-electron chi connectivity index (χ0n) is 23.1. The van der Waals surface area contributed by atoms with E-state index in [1.54, 1.807) is 0 Å².